The number of hydrogen-bond acceptors (Lipinski definition) is 5. The van der Waals surface area contributed by atoms with Gasteiger partial charge in [-0.1, -0.05) is 12.1 Å². The number of hydrogen-bond donors (Lipinski definition) is 1. The van der Waals surface area contributed by atoms with Gasteiger partial charge >= 0.3 is 0 Å². The van der Waals surface area contributed by atoms with Crippen molar-refractivity contribution in [3.05, 3.63) is 48.0 Å². The van der Waals surface area contributed by atoms with Crippen LogP contribution in [-0.4, -0.2) is 20.0 Å². The quantitative estimate of drug-likeness (QED) is 0.826. The molecule has 0 aromatic heterocycles. The molecule has 1 aliphatic heterocycles. The third-order valence-corrected chi connectivity index (χ3v) is 6.08. The van der Waals surface area contributed by atoms with Crippen molar-refractivity contribution >= 4 is 21.5 Å². The Morgan fingerprint density at radius 2 is 1.77 bits per heavy atom. The SMILES string of the molecule is CC(=O)c1cccc(S(=O)(=O)Nc2ccc3c(c2)OC2(CCCC2)O3)c1. The third-order valence-electron chi connectivity index (χ3n) is 4.70. The Hall–Kier alpha value is -2.54. The first-order chi connectivity index (χ1) is 12.4. The van der Waals surface area contributed by atoms with Gasteiger partial charge in [-0.2, -0.15) is 0 Å². The van der Waals surface area contributed by atoms with Crippen molar-refractivity contribution in [2.75, 3.05) is 4.72 Å². The monoisotopic (exact) mass is 373 g/mol. The number of rotatable bonds is 4. The van der Waals surface area contributed by atoms with E-state index in [1.54, 1.807) is 30.3 Å². The van der Waals surface area contributed by atoms with E-state index in [1.165, 1.54) is 19.1 Å². The van der Waals surface area contributed by atoms with Gasteiger partial charge in [-0.3, -0.25) is 9.52 Å². The lowest BCUT2D eigenvalue weighted by Gasteiger charge is -2.21. The van der Waals surface area contributed by atoms with Crippen LogP contribution >= 0.6 is 0 Å². The fourth-order valence-electron chi connectivity index (χ4n) is 3.37. The minimum Gasteiger partial charge on any atom is -0.448 e. The van der Waals surface area contributed by atoms with Gasteiger partial charge in [0.2, 0.25) is 0 Å². The lowest BCUT2D eigenvalue weighted by atomic mass is 10.2. The van der Waals surface area contributed by atoms with Crippen LogP contribution in [0.25, 0.3) is 0 Å². The van der Waals surface area contributed by atoms with Gasteiger partial charge in [0.05, 0.1) is 10.6 Å². The molecule has 7 heteroatoms. The Kier molecular flexibility index (Phi) is 3.91. The van der Waals surface area contributed by atoms with Gasteiger partial charge in [0.25, 0.3) is 15.8 Å². The summed E-state index contributed by atoms with van der Waals surface area (Å²) in [4.78, 5) is 11.5. The van der Waals surface area contributed by atoms with Crippen molar-refractivity contribution in [2.24, 2.45) is 0 Å². The lowest BCUT2D eigenvalue weighted by molar-refractivity contribution is -0.0716. The predicted molar refractivity (Wildman–Crippen MR) is 96.2 cm³/mol. The minimum absolute atomic E-state index is 0.0372. The van der Waals surface area contributed by atoms with E-state index in [9.17, 15) is 13.2 Å². The number of Topliss-reactive ketones (excluding diaryl/α,β-unsaturated/α-hetero) is 1. The number of nitrogens with one attached hydrogen (secondary N) is 1. The average molecular weight is 373 g/mol. The maximum absolute atomic E-state index is 12.6. The molecule has 2 aliphatic rings. The molecular formula is C19H19NO5S. The lowest BCUT2D eigenvalue weighted by Crippen LogP contribution is -2.34. The summed E-state index contributed by atoms with van der Waals surface area (Å²) in [6.07, 6.45) is 3.78. The molecule has 0 bridgehead atoms. The van der Waals surface area contributed by atoms with Crippen LogP contribution in [0, 0.1) is 0 Å². The molecule has 1 heterocycles. The van der Waals surface area contributed by atoms with Crippen LogP contribution in [0.15, 0.2) is 47.4 Å². The molecule has 1 saturated carbocycles. The van der Waals surface area contributed by atoms with E-state index in [2.05, 4.69) is 4.72 Å². The molecule has 1 spiro atoms. The highest BCUT2D eigenvalue weighted by Crippen LogP contribution is 2.47. The Labute approximate surface area is 152 Å². The van der Waals surface area contributed by atoms with Crippen LogP contribution in [0.1, 0.15) is 43.0 Å². The number of fused-ring (bicyclic) bond motifs is 1. The Morgan fingerprint density at radius 3 is 2.50 bits per heavy atom. The molecule has 0 saturated heterocycles. The number of ketones is 1. The second-order valence-electron chi connectivity index (χ2n) is 6.67. The number of sulfonamides is 1. The Balaban J connectivity index is 1.58. The summed E-state index contributed by atoms with van der Waals surface area (Å²) in [5.41, 5.74) is 0.734. The summed E-state index contributed by atoms with van der Waals surface area (Å²) in [5, 5.41) is 0. The molecule has 2 aromatic rings. The average Bonchev–Trinajstić information content (AvgIpc) is 3.20. The first-order valence-electron chi connectivity index (χ1n) is 8.53. The van der Waals surface area contributed by atoms with Crippen LogP contribution in [-0.2, 0) is 10.0 Å². The number of benzene rings is 2. The summed E-state index contributed by atoms with van der Waals surface area (Å²) in [6.45, 7) is 1.40. The van der Waals surface area contributed by atoms with Gasteiger partial charge in [0.1, 0.15) is 0 Å². The van der Waals surface area contributed by atoms with E-state index < -0.39 is 15.8 Å². The molecule has 2 aromatic carbocycles. The molecule has 0 atom stereocenters. The van der Waals surface area contributed by atoms with Crippen molar-refractivity contribution < 1.29 is 22.7 Å². The summed E-state index contributed by atoms with van der Waals surface area (Å²) in [6, 6.07) is 10.9. The molecule has 136 valence electrons. The topological polar surface area (TPSA) is 81.7 Å². The van der Waals surface area contributed by atoms with Crippen molar-refractivity contribution in [3.8, 4) is 11.5 Å². The normalized spacial score (nSPS) is 17.4. The number of anilines is 1. The number of carbonyl (C=O) groups is 1. The second kappa shape index (κ2) is 6.02. The zero-order valence-corrected chi connectivity index (χ0v) is 15.1. The standard InChI is InChI=1S/C19H19NO5S/c1-13(21)14-5-4-6-16(11-14)26(22,23)20-15-7-8-17-18(12-15)25-19(24-17)9-2-3-10-19/h4-8,11-12,20H,2-3,9-10H2,1H3. The third kappa shape index (κ3) is 3.03. The summed E-state index contributed by atoms with van der Waals surface area (Å²) < 4.78 is 39.7. The van der Waals surface area contributed by atoms with E-state index >= 15 is 0 Å². The summed E-state index contributed by atoms with van der Waals surface area (Å²) >= 11 is 0. The molecule has 26 heavy (non-hydrogen) atoms. The highest BCUT2D eigenvalue weighted by atomic mass is 32.2. The minimum atomic E-state index is -3.81. The number of ether oxygens (including phenoxy) is 2. The smallest absolute Gasteiger partial charge is 0.261 e. The highest BCUT2D eigenvalue weighted by molar-refractivity contribution is 7.92. The van der Waals surface area contributed by atoms with Gasteiger partial charge in [-0.15, -0.1) is 0 Å². The highest BCUT2D eigenvalue weighted by Gasteiger charge is 2.44. The van der Waals surface area contributed by atoms with Crippen molar-refractivity contribution in [1.29, 1.82) is 0 Å². The van der Waals surface area contributed by atoms with E-state index in [-0.39, 0.29) is 10.7 Å². The van der Waals surface area contributed by atoms with E-state index in [0.717, 1.165) is 25.7 Å². The van der Waals surface area contributed by atoms with Crippen LogP contribution in [0.3, 0.4) is 0 Å². The maximum atomic E-state index is 12.6. The van der Waals surface area contributed by atoms with Crippen molar-refractivity contribution in [3.63, 3.8) is 0 Å². The Morgan fingerprint density at radius 1 is 1.04 bits per heavy atom. The van der Waals surface area contributed by atoms with Crippen LogP contribution in [0.4, 0.5) is 5.69 Å². The first kappa shape index (κ1) is 16.9. The van der Waals surface area contributed by atoms with Crippen LogP contribution in [0.2, 0.25) is 0 Å². The molecule has 4 rings (SSSR count). The zero-order valence-electron chi connectivity index (χ0n) is 14.3. The fourth-order valence-corrected chi connectivity index (χ4v) is 4.47. The predicted octanol–water partition coefficient (Wildman–Crippen LogP) is 3.73. The van der Waals surface area contributed by atoms with Crippen LogP contribution in [0.5, 0.6) is 11.5 Å². The molecule has 6 nitrogen and oxygen atoms in total. The summed E-state index contributed by atoms with van der Waals surface area (Å²) in [5.74, 6) is 0.403. The molecular weight excluding hydrogens is 354 g/mol. The molecule has 1 N–H and O–H groups in total. The van der Waals surface area contributed by atoms with E-state index in [0.29, 0.717) is 22.7 Å². The molecule has 0 amide bonds. The van der Waals surface area contributed by atoms with Gasteiger partial charge in [-0.05, 0) is 44.0 Å². The summed E-state index contributed by atoms with van der Waals surface area (Å²) in [7, 11) is -3.81. The largest absolute Gasteiger partial charge is 0.448 e. The zero-order chi connectivity index (χ0) is 18.4. The van der Waals surface area contributed by atoms with Crippen molar-refractivity contribution in [2.45, 2.75) is 43.3 Å². The fraction of sp³-hybridized carbons (Fsp3) is 0.316. The molecule has 1 aliphatic carbocycles. The van der Waals surface area contributed by atoms with Gasteiger partial charge in [0, 0.05) is 24.5 Å². The molecule has 1 fully saturated rings. The van der Waals surface area contributed by atoms with E-state index in [1.807, 2.05) is 0 Å². The van der Waals surface area contributed by atoms with Gasteiger partial charge in [-0.25, -0.2) is 8.42 Å². The number of carbonyl (C=O) groups excluding carboxylic acids is 1. The maximum Gasteiger partial charge on any atom is 0.261 e. The van der Waals surface area contributed by atoms with E-state index in [4.69, 9.17) is 9.47 Å². The molecule has 0 radical (unpaired) electrons. The molecule has 0 unspecified atom stereocenters. The Bertz CT molecular complexity index is 977. The second-order valence-corrected chi connectivity index (χ2v) is 8.36. The van der Waals surface area contributed by atoms with Gasteiger partial charge in [0.15, 0.2) is 17.3 Å². The van der Waals surface area contributed by atoms with Crippen molar-refractivity contribution in [1.82, 2.24) is 0 Å². The first-order valence-corrected chi connectivity index (χ1v) is 10.0. The van der Waals surface area contributed by atoms with Gasteiger partial charge < -0.3 is 9.47 Å². The van der Waals surface area contributed by atoms with Crippen LogP contribution < -0.4 is 14.2 Å².